The fraction of sp³-hybridized carbons (Fsp3) is 0.263. The van der Waals surface area contributed by atoms with Crippen LogP contribution in [0, 0.1) is 16.7 Å². The van der Waals surface area contributed by atoms with Gasteiger partial charge in [-0.15, -0.1) is 0 Å². The lowest BCUT2D eigenvalue weighted by molar-refractivity contribution is -0.454. The number of aliphatic hydroxyl groups excluding tert-OH is 1. The average Bonchev–Trinajstić information content (AvgIpc) is 2.64. The molecule has 28 heavy (non-hydrogen) atoms. The molecule has 1 unspecified atom stereocenters. The van der Waals surface area contributed by atoms with Gasteiger partial charge in [0.2, 0.25) is 0 Å². The minimum atomic E-state index is -0.926. The molecule has 0 aliphatic heterocycles. The number of nitrogens with zero attached hydrogens (tertiary/aromatic N) is 1. The van der Waals surface area contributed by atoms with E-state index < -0.39 is 12.0 Å². The Labute approximate surface area is 168 Å². The summed E-state index contributed by atoms with van der Waals surface area (Å²) in [4.78, 5) is 14.9. The van der Waals surface area contributed by atoms with E-state index in [9.17, 15) is 9.90 Å². The van der Waals surface area contributed by atoms with Crippen molar-refractivity contribution in [1.29, 1.82) is 10.7 Å². The number of nitrogens with one attached hydrogen (secondary N) is 3. The number of amides is 1. The molecule has 0 bridgehead atoms. The third kappa shape index (κ3) is 7.23. The van der Waals surface area contributed by atoms with Crippen LogP contribution in [-0.4, -0.2) is 41.6 Å². The third-order valence-electron chi connectivity index (χ3n) is 3.64. The van der Waals surface area contributed by atoms with Crippen molar-refractivity contribution in [3.63, 3.8) is 0 Å². The Hall–Kier alpha value is -3.15. The van der Waals surface area contributed by atoms with E-state index in [2.05, 4.69) is 10.3 Å². The quantitative estimate of drug-likeness (QED) is 0.319. The number of nitrogens with two attached hydrogens (primary N) is 2. The predicted octanol–water partition coefficient (Wildman–Crippen LogP) is -0.589. The van der Waals surface area contributed by atoms with Crippen LogP contribution in [0.5, 0.6) is 0 Å². The third-order valence-corrected chi connectivity index (χ3v) is 3.96. The number of halogens is 1. The van der Waals surface area contributed by atoms with Crippen molar-refractivity contribution in [3.8, 4) is 6.07 Å². The maximum absolute atomic E-state index is 11.9. The van der Waals surface area contributed by atoms with E-state index >= 15 is 0 Å². The molecular formula is C19H24ClN6O2+. The Morgan fingerprint density at radius 1 is 1.46 bits per heavy atom. The van der Waals surface area contributed by atoms with Crippen LogP contribution < -0.4 is 21.8 Å². The van der Waals surface area contributed by atoms with Crippen molar-refractivity contribution in [2.75, 3.05) is 6.54 Å². The Bertz CT molecular complexity index is 868. The van der Waals surface area contributed by atoms with Crippen molar-refractivity contribution < 1.29 is 14.9 Å². The molecule has 0 saturated carbocycles. The molecule has 1 rings (SSSR count). The number of allylic oxidation sites excluding steroid dienone is 1. The largest absolute Gasteiger partial charge is 0.400 e. The second-order valence-electron chi connectivity index (χ2n) is 6.11. The normalized spacial score (nSPS) is 14.4. The molecule has 2 atom stereocenters. The molecular weight excluding hydrogens is 380 g/mol. The molecule has 0 aromatic heterocycles. The summed E-state index contributed by atoms with van der Waals surface area (Å²) in [6.45, 7) is 3.61. The van der Waals surface area contributed by atoms with E-state index in [-0.39, 0.29) is 17.5 Å². The topological polar surface area (TPSA) is 163 Å². The van der Waals surface area contributed by atoms with Gasteiger partial charge in [-0.3, -0.25) is 10.2 Å². The molecule has 1 amide bonds. The molecule has 8 N–H and O–H groups in total. The zero-order valence-corrected chi connectivity index (χ0v) is 16.4. The van der Waals surface area contributed by atoms with E-state index in [1.807, 2.05) is 6.07 Å². The van der Waals surface area contributed by atoms with E-state index in [0.29, 0.717) is 28.4 Å². The molecule has 1 aromatic rings. The monoisotopic (exact) mass is 403 g/mol. The smallest absolute Gasteiger partial charge is 0.269 e. The second-order valence-corrected chi connectivity index (χ2v) is 6.52. The highest BCUT2D eigenvalue weighted by Crippen LogP contribution is 2.19. The molecule has 0 heterocycles. The van der Waals surface area contributed by atoms with E-state index in [4.69, 9.17) is 33.7 Å². The summed E-state index contributed by atoms with van der Waals surface area (Å²) >= 11 is 5.98. The van der Waals surface area contributed by atoms with Crippen LogP contribution >= 0.6 is 11.6 Å². The first kappa shape index (κ1) is 22.9. The summed E-state index contributed by atoms with van der Waals surface area (Å²) < 4.78 is 0. The molecule has 1 aromatic carbocycles. The summed E-state index contributed by atoms with van der Waals surface area (Å²) in [5.41, 5.74) is 12.7. The lowest BCUT2D eigenvalue weighted by Crippen LogP contribution is -2.73. The van der Waals surface area contributed by atoms with Gasteiger partial charge in [-0.05, 0) is 37.6 Å². The minimum absolute atomic E-state index is 0.0442. The van der Waals surface area contributed by atoms with Gasteiger partial charge in [0.15, 0.2) is 12.8 Å². The van der Waals surface area contributed by atoms with Gasteiger partial charge in [-0.25, -0.2) is 4.99 Å². The van der Waals surface area contributed by atoms with Gasteiger partial charge in [0.05, 0.1) is 22.7 Å². The summed E-state index contributed by atoms with van der Waals surface area (Å²) in [5.74, 6) is -0.597. The van der Waals surface area contributed by atoms with Gasteiger partial charge in [0.25, 0.3) is 5.91 Å². The molecule has 148 valence electrons. The summed E-state index contributed by atoms with van der Waals surface area (Å²) in [6, 6.07) is 6.61. The minimum Gasteiger partial charge on any atom is -0.400 e. The molecule has 0 aliphatic rings. The van der Waals surface area contributed by atoms with Crippen LogP contribution in [0.3, 0.4) is 0 Å². The lowest BCUT2D eigenvalue weighted by atomic mass is 10.1. The number of hydrogen-bond acceptors (Lipinski definition) is 6. The standard InChI is InChI=1S/C19H23ClN6O2/c1-11(26-19(28)18(24)8-17(23)12(2)27)10-25-6-5-16(22)13-3-4-14(9-21)15(20)7-13/h3-8,11-12,24,27H,10,22-23H2,1-2H3,(H,26,28)/p+1/b16-5-,17-8-,24-18?,25-6?/t11-,12?/m0/s1. The van der Waals surface area contributed by atoms with Crippen LogP contribution in [0.1, 0.15) is 25.0 Å². The van der Waals surface area contributed by atoms with Gasteiger partial charge in [-0.2, -0.15) is 5.26 Å². The summed E-state index contributed by atoms with van der Waals surface area (Å²) in [7, 11) is 0. The van der Waals surface area contributed by atoms with Crippen molar-refractivity contribution in [2.24, 2.45) is 11.5 Å². The highest BCUT2D eigenvalue weighted by Gasteiger charge is 2.13. The first-order valence-electron chi connectivity index (χ1n) is 8.42. The number of aliphatic hydroxyl groups is 1. The van der Waals surface area contributed by atoms with Gasteiger partial charge in [-0.1, -0.05) is 17.7 Å². The molecule has 0 fully saturated rings. The van der Waals surface area contributed by atoms with Crippen LogP contribution in [0.15, 0.2) is 36.0 Å². The highest BCUT2D eigenvalue weighted by atomic mass is 35.5. The Morgan fingerprint density at radius 2 is 2.14 bits per heavy atom. The van der Waals surface area contributed by atoms with Crippen LogP contribution in [-0.2, 0) is 4.79 Å². The van der Waals surface area contributed by atoms with Gasteiger partial charge in [0, 0.05) is 17.5 Å². The van der Waals surface area contributed by atoms with Crippen LogP contribution in [0.25, 0.3) is 5.70 Å². The van der Waals surface area contributed by atoms with Crippen molar-refractivity contribution in [3.05, 3.63) is 52.2 Å². The molecule has 0 saturated heterocycles. The van der Waals surface area contributed by atoms with Crippen LogP contribution in [0.2, 0.25) is 5.02 Å². The second kappa shape index (κ2) is 10.9. The number of carbonyl (C=O) groups excluding carboxylic acids is 1. The fourth-order valence-electron chi connectivity index (χ4n) is 1.98. The zero-order chi connectivity index (χ0) is 21.3. The van der Waals surface area contributed by atoms with Gasteiger partial charge < -0.3 is 21.9 Å². The summed E-state index contributed by atoms with van der Waals surface area (Å²) in [5, 5.41) is 28.8. The van der Waals surface area contributed by atoms with E-state index in [0.717, 1.165) is 6.08 Å². The van der Waals surface area contributed by atoms with Gasteiger partial charge >= 0.3 is 0 Å². The Balaban J connectivity index is 2.60. The Morgan fingerprint density at radius 3 is 2.71 bits per heavy atom. The van der Waals surface area contributed by atoms with Crippen molar-refractivity contribution in [1.82, 2.24) is 5.32 Å². The summed E-state index contributed by atoms with van der Waals surface area (Å²) in [6.07, 6.45) is 3.46. The van der Waals surface area contributed by atoms with Gasteiger partial charge in [0.1, 0.15) is 11.8 Å². The number of hydrogen-bond donors (Lipinski definition) is 6. The SMILES string of the molecule is CC(O)/C(N)=C/C(=N)C(=O)N[C@@H](C)C[NH+]=C/C=C(\N)c1ccc(C#N)c(Cl)c1. The Kier molecular flexibility index (Phi) is 8.88. The average molecular weight is 404 g/mol. The zero-order valence-electron chi connectivity index (χ0n) is 15.7. The maximum atomic E-state index is 11.9. The van der Waals surface area contributed by atoms with E-state index in [1.54, 1.807) is 37.4 Å². The molecule has 0 radical (unpaired) electrons. The number of benzene rings is 1. The first-order chi connectivity index (χ1) is 13.1. The molecule has 0 spiro atoms. The molecule has 9 heteroatoms. The highest BCUT2D eigenvalue weighted by molar-refractivity contribution is 6.42. The maximum Gasteiger partial charge on any atom is 0.269 e. The molecule has 8 nitrogen and oxygen atoms in total. The molecule has 0 aliphatic carbocycles. The van der Waals surface area contributed by atoms with E-state index in [1.165, 1.54) is 6.92 Å². The van der Waals surface area contributed by atoms with Crippen molar-refractivity contribution in [2.45, 2.75) is 26.0 Å². The predicted molar refractivity (Wildman–Crippen MR) is 110 cm³/mol. The van der Waals surface area contributed by atoms with Crippen molar-refractivity contribution >= 4 is 35.1 Å². The fourth-order valence-corrected chi connectivity index (χ4v) is 2.20. The number of nitriles is 1. The lowest BCUT2D eigenvalue weighted by Gasteiger charge is -2.09. The van der Waals surface area contributed by atoms with Crippen LogP contribution in [0.4, 0.5) is 0 Å². The number of carbonyl (C=O) groups is 1. The number of rotatable bonds is 8. The first-order valence-corrected chi connectivity index (χ1v) is 8.80.